The topological polar surface area (TPSA) is 41.0 Å². The van der Waals surface area contributed by atoms with E-state index in [2.05, 4.69) is 33.3 Å². The highest BCUT2D eigenvalue weighted by Gasteiger charge is 2.17. The largest absolute Gasteiger partial charge is 0.379 e. The van der Waals surface area contributed by atoms with Crippen molar-refractivity contribution in [2.24, 2.45) is 0 Å². The normalized spacial score (nSPS) is 18.1. The van der Waals surface area contributed by atoms with Gasteiger partial charge in [-0.15, -0.1) is 0 Å². The van der Waals surface area contributed by atoms with Gasteiger partial charge in [0, 0.05) is 23.8 Å². The third-order valence-corrected chi connectivity index (χ3v) is 3.59. The molecule has 0 unspecified atom stereocenters. The number of rotatable bonds is 2. The monoisotopic (exact) mass is 242 g/mol. The Balaban J connectivity index is 1.82. The second-order valence-corrected chi connectivity index (χ2v) is 4.98. The quantitative estimate of drug-likeness (QED) is 0.876. The van der Waals surface area contributed by atoms with Crippen molar-refractivity contribution in [2.75, 3.05) is 25.5 Å². The molecular weight excluding hydrogens is 224 g/mol. The molecule has 0 saturated carbocycles. The van der Waals surface area contributed by atoms with Crippen LogP contribution in [0.15, 0.2) is 30.7 Å². The fraction of sp³-hybridized carbons (Fsp3) is 0.429. The van der Waals surface area contributed by atoms with Crippen molar-refractivity contribution in [3.8, 4) is 0 Å². The van der Waals surface area contributed by atoms with Crippen molar-refractivity contribution >= 4 is 16.6 Å². The molecule has 0 aromatic carbocycles. The van der Waals surface area contributed by atoms with Crippen LogP contribution in [0.25, 0.3) is 10.9 Å². The van der Waals surface area contributed by atoms with Crippen LogP contribution in [0.5, 0.6) is 0 Å². The first-order valence-corrected chi connectivity index (χ1v) is 6.47. The van der Waals surface area contributed by atoms with Gasteiger partial charge >= 0.3 is 0 Å². The van der Waals surface area contributed by atoms with Crippen LogP contribution in [0.3, 0.4) is 0 Å². The minimum absolute atomic E-state index is 0.538. The number of likely N-dealkylation sites (tertiary alicyclic amines) is 1. The lowest BCUT2D eigenvalue weighted by Gasteiger charge is -2.30. The molecule has 0 bridgehead atoms. The number of hydrogen-bond acceptors (Lipinski definition) is 4. The maximum absolute atomic E-state index is 4.45. The molecule has 4 nitrogen and oxygen atoms in total. The van der Waals surface area contributed by atoms with Gasteiger partial charge in [-0.1, -0.05) is 0 Å². The molecule has 0 aliphatic carbocycles. The Bertz CT molecular complexity index is 527. The molecule has 0 spiro atoms. The summed E-state index contributed by atoms with van der Waals surface area (Å²) in [5.41, 5.74) is 2.08. The molecule has 94 valence electrons. The van der Waals surface area contributed by atoms with Crippen LogP contribution in [0, 0.1) is 0 Å². The molecule has 1 aliphatic rings. The van der Waals surface area contributed by atoms with Crippen LogP contribution >= 0.6 is 0 Å². The molecule has 1 saturated heterocycles. The molecule has 3 heterocycles. The lowest BCUT2D eigenvalue weighted by Crippen LogP contribution is -2.36. The third kappa shape index (κ3) is 2.29. The van der Waals surface area contributed by atoms with E-state index < -0.39 is 0 Å². The van der Waals surface area contributed by atoms with E-state index in [1.165, 1.54) is 12.8 Å². The van der Waals surface area contributed by atoms with Gasteiger partial charge in [0.1, 0.15) is 0 Å². The van der Waals surface area contributed by atoms with Crippen molar-refractivity contribution in [1.82, 2.24) is 14.9 Å². The lowest BCUT2D eigenvalue weighted by molar-refractivity contribution is 0.264. The zero-order chi connectivity index (χ0) is 12.4. The van der Waals surface area contributed by atoms with Gasteiger partial charge in [0.2, 0.25) is 0 Å². The van der Waals surface area contributed by atoms with E-state index in [0.29, 0.717) is 6.04 Å². The van der Waals surface area contributed by atoms with Crippen molar-refractivity contribution in [3.05, 3.63) is 30.7 Å². The van der Waals surface area contributed by atoms with E-state index >= 15 is 0 Å². The highest BCUT2D eigenvalue weighted by Crippen LogP contribution is 2.22. The smallest absolute Gasteiger partial charge is 0.0964 e. The highest BCUT2D eigenvalue weighted by atomic mass is 15.1. The fourth-order valence-electron chi connectivity index (χ4n) is 2.48. The minimum atomic E-state index is 0.538. The van der Waals surface area contributed by atoms with E-state index in [4.69, 9.17) is 0 Å². The minimum Gasteiger partial charge on any atom is -0.379 e. The second-order valence-electron chi connectivity index (χ2n) is 4.98. The number of hydrogen-bond donors (Lipinski definition) is 1. The summed E-state index contributed by atoms with van der Waals surface area (Å²) < 4.78 is 0. The van der Waals surface area contributed by atoms with Gasteiger partial charge in [0.05, 0.1) is 17.4 Å². The van der Waals surface area contributed by atoms with E-state index in [-0.39, 0.29) is 0 Å². The zero-order valence-corrected chi connectivity index (χ0v) is 10.6. The van der Waals surface area contributed by atoms with Crippen LogP contribution in [-0.4, -0.2) is 41.0 Å². The molecule has 1 fully saturated rings. The molecule has 2 aromatic rings. The summed E-state index contributed by atoms with van der Waals surface area (Å²) in [7, 11) is 2.18. The summed E-state index contributed by atoms with van der Waals surface area (Å²) in [4.78, 5) is 11.1. The highest BCUT2D eigenvalue weighted by molar-refractivity contribution is 5.89. The molecule has 1 aliphatic heterocycles. The summed E-state index contributed by atoms with van der Waals surface area (Å²) in [5.74, 6) is 0. The molecule has 0 amide bonds. The van der Waals surface area contributed by atoms with Crippen molar-refractivity contribution in [1.29, 1.82) is 0 Å². The van der Waals surface area contributed by atoms with Gasteiger partial charge in [0.15, 0.2) is 0 Å². The molecule has 0 radical (unpaired) electrons. The molecule has 4 heteroatoms. The maximum Gasteiger partial charge on any atom is 0.0964 e. The number of anilines is 1. The van der Waals surface area contributed by atoms with Crippen molar-refractivity contribution in [2.45, 2.75) is 18.9 Å². The molecule has 18 heavy (non-hydrogen) atoms. The molecule has 0 atom stereocenters. The predicted octanol–water partition coefficient (Wildman–Crippen LogP) is 2.14. The molecular formula is C14H18N4. The summed E-state index contributed by atoms with van der Waals surface area (Å²) >= 11 is 0. The van der Waals surface area contributed by atoms with Crippen molar-refractivity contribution < 1.29 is 0 Å². The standard InChI is InChI=1S/C14H18N4/c1-18-7-4-12(5-8-18)17-13-10-15-9-11-3-2-6-16-14(11)13/h2-3,6,9-10,12,17H,4-5,7-8H2,1H3. The zero-order valence-electron chi connectivity index (χ0n) is 10.6. The van der Waals surface area contributed by atoms with Gasteiger partial charge < -0.3 is 10.2 Å². The Labute approximate surface area is 107 Å². The summed E-state index contributed by atoms with van der Waals surface area (Å²) in [6.45, 7) is 2.31. The van der Waals surface area contributed by atoms with Crippen LogP contribution < -0.4 is 5.32 Å². The number of nitrogens with one attached hydrogen (secondary N) is 1. The summed E-state index contributed by atoms with van der Waals surface area (Å²) in [6, 6.07) is 4.54. The number of piperidine rings is 1. The first-order chi connectivity index (χ1) is 8.83. The number of nitrogens with zero attached hydrogens (tertiary/aromatic N) is 3. The van der Waals surface area contributed by atoms with Gasteiger partial charge in [-0.05, 0) is 45.1 Å². The molecule has 3 rings (SSSR count). The predicted molar refractivity (Wildman–Crippen MR) is 73.7 cm³/mol. The average molecular weight is 242 g/mol. The number of pyridine rings is 2. The second kappa shape index (κ2) is 4.90. The Kier molecular flexibility index (Phi) is 3.11. The van der Waals surface area contributed by atoms with Crippen molar-refractivity contribution in [3.63, 3.8) is 0 Å². The van der Waals surface area contributed by atoms with E-state index in [1.54, 1.807) is 0 Å². The van der Waals surface area contributed by atoms with Crippen LogP contribution in [0.4, 0.5) is 5.69 Å². The van der Waals surface area contributed by atoms with Crippen LogP contribution in [0.1, 0.15) is 12.8 Å². The summed E-state index contributed by atoms with van der Waals surface area (Å²) in [5, 5.41) is 4.69. The van der Waals surface area contributed by atoms with Gasteiger partial charge in [-0.2, -0.15) is 0 Å². The van der Waals surface area contributed by atoms with Crippen LogP contribution in [0.2, 0.25) is 0 Å². The summed E-state index contributed by atoms with van der Waals surface area (Å²) in [6.07, 6.45) is 7.94. The van der Waals surface area contributed by atoms with E-state index in [1.807, 2.05) is 24.7 Å². The van der Waals surface area contributed by atoms with Gasteiger partial charge in [-0.3, -0.25) is 9.97 Å². The maximum atomic E-state index is 4.45. The number of fused-ring (bicyclic) bond motifs is 1. The average Bonchev–Trinajstić information content (AvgIpc) is 2.42. The van der Waals surface area contributed by atoms with E-state index in [0.717, 1.165) is 29.7 Å². The van der Waals surface area contributed by atoms with E-state index in [9.17, 15) is 0 Å². The Hall–Kier alpha value is -1.68. The fourth-order valence-corrected chi connectivity index (χ4v) is 2.48. The molecule has 2 aromatic heterocycles. The van der Waals surface area contributed by atoms with Crippen LogP contribution in [-0.2, 0) is 0 Å². The Morgan fingerprint density at radius 1 is 1.28 bits per heavy atom. The third-order valence-electron chi connectivity index (χ3n) is 3.59. The number of aromatic nitrogens is 2. The Morgan fingerprint density at radius 3 is 2.94 bits per heavy atom. The van der Waals surface area contributed by atoms with Gasteiger partial charge in [0.25, 0.3) is 0 Å². The lowest BCUT2D eigenvalue weighted by atomic mass is 10.1. The van der Waals surface area contributed by atoms with Gasteiger partial charge in [-0.25, -0.2) is 0 Å². The Morgan fingerprint density at radius 2 is 2.11 bits per heavy atom. The molecule has 1 N–H and O–H groups in total. The first-order valence-electron chi connectivity index (χ1n) is 6.47. The first kappa shape index (κ1) is 11.4. The SMILES string of the molecule is CN1CCC(Nc2cncc3cccnc23)CC1.